The van der Waals surface area contributed by atoms with Gasteiger partial charge in [0.1, 0.15) is 5.84 Å². The summed E-state index contributed by atoms with van der Waals surface area (Å²) in [6, 6.07) is 14.9. The summed E-state index contributed by atoms with van der Waals surface area (Å²) in [7, 11) is -7.78. The number of aryl methyl sites for hydroxylation is 1. The van der Waals surface area contributed by atoms with Gasteiger partial charge in [-0.3, -0.25) is 4.90 Å². The number of benzene rings is 2. The van der Waals surface area contributed by atoms with Crippen LogP contribution in [-0.4, -0.2) is 88.9 Å². The Morgan fingerprint density at radius 1 is 0.917 bits per heavy atom. The van der Waals surface area contributed by atoms with E-state index in [1.54, 1.807) is 54.6 Å². The van der Waals surface area contributed by atoms with Gasteiger partial charge >= 0.3 is 0 Å². The van der Waals surface area contributed by atoms with E-state index in [0.717, 1.165) is 5.56 Å². The lowest BCUT2D eigenvalue weighted by molar-refractivity contribution is 0.0436. The zero-order chi connectivity index (χ0) is 25.9. The summed E-state index contributed by atoms with van der Waals surface area (Å²) in [5.41, 5.74) is 0.952. The van der Waals surface area contributed by atoms with Gasteiger partial charge in [0.15, 0.2) is 0 Å². The van der Waals surface area contributed by atoms with Gasteiger partial charge in [-0.15, -0.1) is 4.40 Å². The average Bonchev–Trinajstić information content (AvgIpc) is 3.32. The van der Waals surface area contributed by atoms with E-state index in [2.05, 4.69) is 9.30 Å². The van der Waals surface area contributed by atoms with Crippen molar-refractivity contribution in [2.45, 2.75) is 36.7 Å². The highest BCUT2D eigenvalue weighted by atomic mass is 32.2. The number of sulfonamides is 2. The molecule has 0 N–H and O–H groups in total. The molecule has 36 heavy (non-hydrogen) atoms. The summed E-state index contributed by atoms with van der Waals surface area (Å²) in [5.74, 6) is 0.241. The number of morpholine rings is 1. The van der Waals surface area contributed by atoms with Gasteiger partial charge in [-0.1, -0.05) is 49.7 Å². The highest BCUT2D eigenvalue weighted by molar-refractivity contribution is 7.90. The van der Waals surface area contributed by atoms with Gasteiger partial charge in [-0.25, -0.2) is 8.42 Å². The van der Waals surface area contributed by atoms with Crippen LogP contribution < -0.4 is 0 Å². The van der Waals surface area contributed by atoms with Crippen LogP contribution in [0.25, 0.3) is 0 Å². The summed E-state index contributed by atoms with van der Waals surface area (Å²) in [4.78, 5) is 4.28. The molecular formula is C25H34N4O5S2. The van der Waals surface area contributed by atoms with E-state index in [-0.39, 0.29) is 28.8 Å². The lowest BCUT2D eigenvalue weighted by Gasteiger charge is -2.36. The predicted octanol–water partition coefficient (Wildman–Crippen LogP) is 2.40. The molecular weight excluding hydrogens is 500 g/mol. The fourth-order valence-corrected chi connectivity index (χ4v) is 7.38. The smallest absolute Gasteiger partial charge is 0.283 e. The summed E-state index contributed by atoms with van der Waals surface area (Å²) >= 11 is 0. The Labute approximate surface area is 214 Å². The maximum absolute atomic E-state index is 13.6. The SMILES string of the molecule is Cc1ccc(S(=O)(=O)/N=C(\CN2CCOCC2)N2CCN(S(=O)(=O)c3ccccc3)C2C(C)C)cc1. The molecule has 2 heterocycles. The van der Waals surface area contributed by atoms with Crippen molar-refractivity contribution in [2.24, 2.45) is 10.3 Å². The van der Waals surface area contributed by atoms with Crippen LogP contribution in [0.4, 0.5) is 0 Å². The van der Waals surface area contributed by atoms with Crippen molar-refractivity contribution in [3.8, 4) is 0 Å². The van der Waals surface area contributed by atoms with E-state index in [4.69, 9.17) is 4.74 Å². The Balaban J connectivity index is 1.73. The second-order valence-electron chi connectivity index (χ2n) is 9.46. The third-order valence-electron chi connectivity index (χ3n) is 6.47. The quantitative estimate of drug-likeness (QED) is 0.397. The predicted molar refractivity (Wildman–Crippen MR) is 139 cm³/mol. The lowest BCUT2D eigenvalue weighted by Crippen LogP contribution is -2.51. The average molecular weight is 535 g/mol. The van der Waals surface area contributed by atoms with Crippen molar-refractivity contribution < 1.29 is 21.6 Å². The molecule has 2 fully saturated rings. The van der Waals surface area contributed by atoms with Crippen LogP contribution in [0.2, 0.25) is 0 Å². The van der Waals surface area contributed by atoms with Gasteiger partial charge in [0.05, 0.1) is 35.7 Å². The minimum atomic E-state index is -4.00. The summed E-state index contributed by atoms with van der Waals surface area (Å²) in [6.07, 6.45) is -0.566. The Morgan fingerprint density at radius 3 is 2.17 bits per heavy atom. The standard InChI is InChI=1S/C25H34N4O5S2/c1-20(2)25-28(13-14-29(25)36(32,33)23-7-5-4-6-8-23)24(19-27-15-17-34-18-16-27)26-35(30,31)22-11-9-21(3)10-12-22/h4-12,20,25H,13-19H2,1-3H3/b26-24+. The normalized spacial score (nSPS) is 20.8. The molecule has 0 bridgehead atoms. The van der Waals surface area contributed by atoms with E-state index in [0.29, 0.717) is 38.7 Å². The van der Waals surface area contributed by atoms with E-state index >= 15 is 0 Å². The first-order valence-electron chi connectivity index (χ1n) is 12.1. The highest BCUT2D eigenvalue weighted by Gasteiger charge is 2.43. The van der Waals surface area contributed by atoms with Gasteiger partial charge in [0.2, 0.25) is 10.0 Å². The molecule has 0 spiro atoms. The monoisotopic (exact) mass is 534 g/mol. The Morgan fingerprint density at radius 2 is 1.56 bits per heavy atom. The van der Waals surface area contributed by atoms with Gasteiger partial charge in [0.25, 0.3) is 10.0 Å². The van der Waals surface area contributed by atoms with Crippen LogP contribution in [0.5, 0.6) is 0 Å². The van der Waals surface area contributed by atoms with Crippen LogP contribution in [-0.2, 0) is 24.8 Å². The topological polar surface area (TPSA) is 99.6 Å². The fraction of sp³-hybridized carbons (Fsp3) is 0.480. The molecule has 9 nitrogen and oxygen atoms in total. The third kappa shape index (κ3) is 5.81. The highest BCUT2D eigenvalue weighted by Crippen LogP contribution is 2.30. The summed E-state index contributed by atoms with van der Waals surface area (Å²) < 4.78 is 65.0. The van der Waals surface area contributed by atoms with Crippen molar-refractivity contribution in [2.75, 3.05) is 45.9 Å². The molecule has 0 amide bonds. The number of ether oxygens (including phenoxy) is 1. The largest absolute Gasteiger partial charge is 0.379 e. The number of hydrogen-bond acceptors (Lipinski definition) is 6. The number of hydrogen-bond donors (Lipinski definition) is 0. The number of rotatable bonds is 7. The van der Waals surface area contributed by atoms with E-state index in [9.17, 15) is 16.8 Å². The molecule has 196 valence electrons. The van der Waals surface area contributed by atoms with E-state index in [1.807, 2.05) is 25.7 Å². The first-order chi connectivity index (χ1) is 17.1. The lowest BCUT2D eigenvalue weighted by atomic mass is 10.1. The molecule has 4 rings (SSSR count). The van der Waals surface area contributed by atoms with Crippen molar-refractivity contribution in [3.05, 3.63) is 60.2 Å². The Hall–Kier alpha value is -2.31. The minimum absolute atomic E-state index is 0.108. The van der Waals surface area contributed by atoms with Gasteiger partial charge in [-0.2, -0.15) is 12.7 Å². The van der Waals surface area contributed by atoms with E-state index in [1.165, 1.54) is 4.31 Å². The second-order valence-corrected chi connectivity index (χ2v) is 13.0. The summed E-state index contributed by atoms with van der Waals surface area (Å²) in [5, 5.41) is 0. The van der Waals surface area contributed by atoms with Gasteiger partial charge < -0.3 is 9.64 Å². The van der Waals surface area contributed by atoms with Crippen molar-refractivity contribution in [1.82, 2.24) is 14.1 Å². The first kappa shape index (κ1) is 26.7. The Bertz CT molecular complexity index is 1270. The molecule has 2 aromatic rings. The molecule has 1 atom stereocenters. The maximum Gasteiger partial charge on any atom is 0.283 e. The molecule has 2 aliphatic heterocycles. The summed E-state index contributed by atoms with van der Waals surface area (Å²) in [6.45, 7) is 9.06. The molecule has 11 heteroatoms. The van der Waals surface area contributed by atoms with Gasteiger partial charge in [0, 0.05) is 26.2 Å². The molecule has 2 saturated heterocycles. The van der Waals surface area contributed by atoms with Crippen molar-refractivity contribution in [3.63, 3.8) is 0 Å². The second kappa shape index (κ2) is 11.0. The van der Waals surface area contributed by atoms with Crippen molar-refractivity contribution >= 4 is 25.9 Å². The molecule has 2 aliphatic rings. The van der Waals surface area contributed by atoms with Gasteiger partial charge in [-0.05, 0) is 37.1 Å². The third-order valence-corrected chi connectivity index (χ3v) is 9.67. The van der Waals surface area contributed by atoms with Crippen LogP contribution in [0.3, 0.4) is 0 Å². The van der Waals surface area contributed by atoms with Crippen LogP contribution in [0, 0.1) is 12.8 Å². The first-order valence-corrected chi connectivity index (χ1v) is 15.0. The van der Waals surface area contributed by atoms with E-state index < -0.39 is 26.2 Å². The fourth-order valence-electron chi connectivity index (χ4n) is 4.62. The minimum Gasteiger partial charge on any atom is -0.379 e. The zero-order valence-corrected chi connectivity index (χ0v) is 22.6. The molecule has 0 aromatic heterocycles. The molecule has 0 saturated carbocycles. The van der Waals surface area contributed by atoms with Crippen LogP contribution in [0.15, 0.2) is 68.8 Å². The molecule has 1 unspecified atom stereocenters. The number of nitrogens with zero attached hydrogens (tertiary/aromatic N) is 4. The molecule has 0 aliphatic carbocycles. The zero-order valence-electron chi connectivity index (χ0n) is 20.9. The van der Waals surface area contributed by atoms with Crippen molar-refractivity contribution in [1.29, 1.82) is 0 Å². The maximum atomic E-state index is 13.6. The van der Waals surface area contributed by atoms with Crippen LogP contribution in [0.1, 0.15) is 19.4 Å². The molecule has 2 aromatic carbocycles. The number of amidine groups is 1. The van der Waals surface area contributed by atoms with Crippen LogP contribution >= 0.6 is 0 Å². The Kier molecular flexibility index (Phi) is 8.15. The molecule has 0 radical (unpaired) electrons.